The molecule has 0 spiro atoms. The van der Waals surface area contributed by atoms with Gasteiger partial charge in [-0.05, 0) is 30.7 Å². The van der Waals surface area contributed by atoms with E-state index in [4.69, 9.17) is 9.47 Å². The Kier molecular flexibility index (Phi) is 9.62. The van der Waals surface area contributed by atoms with E-state index in [-0.39, 0.29) is 5.91 Å². The van der Waals surface area contributed by atoms with Crippen molar-refractivity contribution in [3.63, 3.8) is 0 Å². The van der Waals surface area contributed by atoms with Crippen LogP contribution in [0.3, 0.4) is 0 Å². The number of nitrogens with zero attached hydrogens (tertiary/aromatic N) is 2. The van der Waals surface area contributed by atoms with Gasteiger partial charge in [-0.15, -0.1) is 0 Å². The van der Waals surface area contributed by atoms with Crippen LogP contribution in [-0.4, -0.2) is 62.4 Å². The Balaban J connectivity index is 1.95. The molecular formula is C21H31N3O3. The molecule has 6 heteroatoms. The van der Waals surface area contributed by atoms with Gasteiger partial charge in [-0.1, -0.05) is 30.3 Å². The van der Waals surface area contributed by atoms with Crippen molar-refractivity contribution in [2.75, 3.05) is 47.1 Å². The van der Waals surface area contributed by atoms with Crippen molar-refractivity contribution in [3.8, 4) is 0 Å². The molecule has 0 saturated heterocycles. The average Bonchev–Trinajstić information content (AvgIpc) is 3.12. The van der Waals surface area contributed by atoms with Gasteiger partial charge in [-0.2, -0.15) is 0 Å². The fraction of sp³-hybridized carbons (Fsp3) is 0.476. The van der Waals surface area contributed by atoms with Crippen molar-refractivity contribution in [2.45, 2.75) is 19.5 Å². The van der Waals surface area contributed by atoms with Crippen molar-refractivity contribution in [1.82, 2.24) is 14.8 Å². The largest absolute Gasteiger partial charge is 0.385 e. The van der Waals surface area contributed by atoms with Crippen LogP contribution in [0.15, 0.2) is 48.7 Å². The molecule has 0 radical (unpaired) electrons. The Morgan fingerprint density at radius 1 is 1.07 bits per heavy atom. The topological polar surface area (TPSA) is 55.7 Å². The van der Waals surface area contributed by atoms with E-state index < -0.39 is 0 Å². The first-order valence-electron chi connectivity index (χ1n) is 9.39. The van der Waals surface area contributed by atoms with Gasteiger partial charge in [0.05, 0.1) is 19.7 Å². The standard InChI is InChI=1S/C21H31N3O3/c1-26-14-7-11-22-16-21(25)24(13-15-27-2)18-20-10-6-12-23(20)17-19-8-4-3-5-9-19/h3-6,8-10,12,22H,7,11,13-18H2,1-2H3. The van der Waals surface area contributed by atoms with Crippen LogP contribution in [0, 0.1) is 0 Å². The van der Waals surface area contributed by atoms with E-state index in [2.05, 4.69) is 34.3 Å². The van der Waals surface area contributed by atoms with E-state index in [9.17, 15) is 4.79 Å². The predicted molar refractivity (Wildman–Crippen MR) is 107 cm³/mol. The van der Waals surface area contributed by atoms with E-state index in [0.29, 0.717) is 32.8 Å². The number of hydrogen-bond acceptors (Lipinski definition) is 4. The highest BCUT2D eigenvalue weighted by Crippen LogP contribution is 2.11. The van der Waals surface area contributed by atoms with E-state index in [1.54, 1.807) is 14.2 Å². The maximum Gasteiger partial charge on any atom is 0.236 e. The molecule has 0 fully saturated rings. The van der Waals surface area contributed by atoms with Gasteiger partial charge in [0, 0.05) is 45.8 Å². The smallest absolute Gasteiger partial charge is 0.236 e. The number of rotatable bonds is 13. The van der Waals surface area contributed by atoms with Crippen LogP contribution in [0.2, 0.25) is 0 Å². The molecule has 1 heterocycles. The fourth-order valence-corrected chi connectivity index (χ4v) is 2.86. The molecule has 0 saturated carbocycles. The molecule has 1 amide bonds. The van der Waals surface area contributed by atoms with Crippen LogP contribution in [0.5, 0.6) is 0 Å². The molecule has 2 aromatic rings. The number of ether oxygens (including phenoxy) is 2. The second-order valence-electron chi connectivity index (χ2n) is 6.44. The molecule has 0 aliphatic carbocycles. The summed E-state index contributed by atoms with van der Waals surface area (Å²) in [7, 11) is 3.34. The molecule has 1 N–H and O–H groups in total. The highest BCUT2D eigenvalue weighted by atomic mass is 16.5. The van der Waals surface area contributed by atoms with Crippen molar-refractivity contribution in [3.05, 3.63) is 59.9 Å². The van der Waals surface area contributed by atoms with E-state index in [1.807, 2.05) is 29.2 Å². The van der Waals surface area contributed by atoms with Gasteiger partial charge in [0.25, 0.3) is 0 Å². The van der Waals surface area contributed by atoms with E-state index in [1.165, 1.54) is 5.56 Å². The van der Waals surface area contributed by atoms with Gasteiger partial charge < -0.3 is 24.3 Å². The number of aromatic nitrogens is 1. The summed E-state index contributed by atoms with van der Waals surface area (Å²) in [6.45, 7) is 4.25. The maximum absolute atomic E-state index is 12.6. The van der Waals surface area contributed by atoms with E-state index in [0.717, 1.165) is 25.2 Å². The number of hydrogen-bond donors (Lipinski definition) is 1. The second kappa shape index (κ2) is 12.3. The quantitative estimate of drug-likeness (QED) is 0.547. The van der Waals surface area contributed by atoms with Crippen LogP contribution < -0.4 is 5.32 Å². The normalized spacial score (nSPS) is 10.9. The molecule has 2 rings (SSSR count). The summed E-state index contributed by atoms with van der Waals surface area (Å²) < 4.78 is 12.4. The molecule has 0 bridgehead atoms. The monoisotopic (exact) mass is 373 g/mol. The molecule has 1 aromatic heterocycles. The zero-order valence-corrected chi connectivity index (χ0v) is 16.4. The molecule has 0 unspecified atom stereocenters. The third kappa shape index (κ3) is 7.54. The SMILES string of the molecule is COCCCNCC(=O)N(CCOC)Cc1cccn1Cc1ccccc1. The first kappa shape index (κ1) is 21.2. The minimum Gasteiger partial charge on any atom is -0.385 e. The molecule has 148 valence electrons. The Bertz CT molecular complexity index is 658. The minimum atomic E-state index is 0.0805. The van der Waals surface area contributed by atoms with Crippen LogP contribution in [0.4, 0.5) is 0 Å². The van der Waals surface area contributed by atoms with Crippen molar-refractivity contribution >= 4 is 5.91 Å². The third-order valence-electron chi connectivity index (χ3n) is 4.37. The van der Waals surface area contributed by atoms with Gasteiger partial charge in [-0.3, -0.25) is 4.79 Å². The van der Waals surface area contributed by atoms with Crippen LogP contribution >= 0.6 is 0 Å². The summed E-state index contributed by atoms with van der Waals surface area (Å²) in [5, 5.41) is 3.19. The Labute approximate surface area is 162 Å². The Morgan fingerprint density at radius 2 is 1.85 bits per heavy atom. The lowest BCUT2D eigenvalue weighted by Gasteiger charge is -2.23. The van der Waals surface area contributed by atoms with Crippen LogP contribution in [0.1, 0.15) is 17.7 Å². The van der Waals surface area contributed by atoms with Gasteiger partial charge >= 0.3 is 0 Å². The average molecular weight is 373 g/mol. The zero-order chi connectivity index (χ0) is 19.3. The van der Waals surface area contributed by atoms with Gasteiger partial charge in [-0.25, -0.2) is 0 Å². The van der Waals surface area contributed by atoms with Crippen molar-refractivity contribution < 1.29 is 14.3 Å². The Hall–Kier alpha value is -2.15. The molecule has 0 atom stereocenters. The summed E-state index contributed by atoms with van der Waals surface area (Å²) in [6.07, 6.45) is 2.95. The second-order valence-corrected chi connectivity index (χ2v) is 6.44. The molecule has 6 nitrogen and oxygen atoms in total. The number of benzene rings is 1. The zero-order valence-electron chi connectivity index (χ0n) is 16.4. The molecule has 0 aliphatic heterocycles. The van der Waals surface area contributed by atoms with E-state index >= 15 is 0 Å². The first-order chi connectivity index (χ1) is 13.2. The van der Waals surface area contributed by atoms with Gasteiger partial charge in [0.2, 0.25) is 5.91 Å². The summed E-state index contributed by atoms with van der Waals surface area (Å²) in [5.74, 6) is 0.0805. The highest BCUT2D eigenvalue weighted by Gasteiger charge is 2.15. The number of amides is 1. The highest BCUT2D eigenvalue weighted by molar-refractivity contribution is 5.78. The maximum atomic E-state index is 12.6. The van der Waals surface area contributed by atoms with Crippen molar-refractivity contribution in [2.24, 2.45) is 0 Å². The molecular weight excluding hydrogens is 342 g/mol. The lowest BCUT2D eigenvalue weighted by molar-refractivity contribution is -0.131. The summed E-state index contributed by atoms with van der Waals surface area (Å²) >= 11 is 0. The Morgan fingerprint density at radius 3 is 2.59 bits per heavy atom. The predicted octanol–water partition coefficient (Wildman–Crippen LogP) is 2.14. The minimum absolute atomic E-state index is 0.0805. The molecule has 0 aliphatic rings. The summed E-state index contributed by atoms with van der Waals surface area (Å²) in [6, 6.07) is 14.4. The van der Waals surface area contributed by atoms with Gasteiger partial charge in [0.1, 0.15) is 0 Å². The third-order valence-corrected chi connectivity index (χ3v) is 4.37. The first-order valence-corrected chi connectivity index (χ1v) is 9.39. The van der Waals surface area contributed by atoms with Crippen molar-refractivity contribution in [1.29, 1.82) is 0 Å². The number of nitrogens with one attached hydrogen (secondary N) is 1. The fourth-order valence-electron chi connectivity index (χ4n) is 2.86. The number of carbonyl (C=O) groups is 1. The lowest BCUT2D eigenvalue weighted by Crippen LogP contribution is -2.40. The molecule has 27 heavy (non-hydrogen) atoms. The lowest BCUT2D eigenvalue weighted by atomic mass is 10.2. The van der Waals surface area contributed by atoms with Gasteiger partial charge in [0.15, 0.2) is 0 Å². The number of carbonyl (C=O) groups excluding carboxylic acids is 1. The summed E-state index contributed by atoms with van der Waals surface area (Å²) in [5.41, 5.74) is 2.35. The molecule has 1 aromatic carbocycles. The summed E-state index contributed by atoms with van der Waals surface area (Å²) in [4.78, 5) is 14.5. The van der Waals surface area contributed by atoms with Crippen LogP contribution in [-0.2, 0) is 27.4 Å². The number of methoxy groups -OCH3 is 2. The van der Waals surface area contributed by atoms with Crippen LogP contribution in [0.25, 0.3) is 0 Å².